The van der Waals surface area contributed by atoms with Gasteiger partial charge in [0.25, 0.3) is 0 Å². The van der Waals surface area contributed by atoms with Gasteiger partial charge in [0.15, 0.2) is 5.17 Å². The van der Waals surface area contributed by atoms with Crippen LogP contribution in [0.5, 0.6) is 0 Å². The Kier molecular flexibility index (Phi) is 3.03. The van der Waals surface area contributed by atoms with Gasteiger partial charge in [0.2, 0.25) is 0 Å². The zero-order chi connectivity index (χ0) is 11.8. The van der Waals surface area contributed by atoms with Crippen molar-refractivity contribution in [2.24, 2.45) is 22.6 Å². The maximum absolute atomic E-state index is 6.17. The van der Waals surface area contributed by atoms with Gasteiger partial charge in [0.1, 0.15) is 6.17 Å². The second-order valence-corrected chi connectivity index (χ2v) is 5.87. The van der Waals surface area contributed by atoms with Gasteiger partial charge in [0, 0.05) is 11.6 Å². The summed E-state index contributed by atoms with van der Waals surface area (Å²) in [5.41, 5.74) is 7.96. The summed E-state index contributed by atoms with van der Waals surface area (Å²) < 4.78 is 0. The molecule has 94 valence electrons. The average molecular weight is 254 g/mol. The maximum atomic E-state index is 6.17. The van der Waals surface area contributed by atoms with Crippen LogP contribution in [0.15, 0.2) is 16.4 Å². The molecule has 3 N–H and O–H groups in total. The van der Waals surface area contributed by atoms with E-state index < -0.39 is 0 Å². The van der Waals surface area contributed by atoms with Gasteiger partial charge in [-0.25, -0.2) is 4.99 Å². The van der Waals surface area contributed by atoms with E-state index in [1.165, 1.54) is 50.6 Å². The Balaban J connectivity index is 1.80. The quantitative estimate of drug-likeness (QED) is 0.795. The van der Waals surface area contributed by atoms with Crippen molar-refractivity contribution in [3.63, 3.8) is 0 Å². The Bertz CT molecular complexity index is 365. The lowest BCUT2D eigenvalue weighted by atomic mass is 9.85. The van der Waals surface area contributed by atoms with Crippen LogP contribution in [-0.2, 0) is 0 Å². The summed E-state index contributed by atoms with van der Waals surface area (Å²) in [6.07, 6.45) is 9.18. The van der Waals surface area contributed by atoms with E-state index in [1.807, 2.05) is 0 Å². The predicted molar refractivity (Wildman–Crippen MR) is 70.7 cm³/mol. The van der Waals surface area contributed by atoms with Crippen LogP contribution in [0, 0.1) is 11.8 Å². The van der Waals surface area contributed by atoms with Crippen LogP contribution in [0.1, 0.15) is 44.9 Å². The Morgan fingerprint density at radius 2 is 1.82 bits per heavy atom. The second kappa shape index (κ2) is 4.52. The number of nitrogens with two attached hydrogens (primary N) is 1. The smallest absolute Gasteiger partial charge is 0.150 e. The van der Waals surface area contributed by atoms with Gasteiger partial charge in [-0.3, -0.25) is 0 Å². The number of nitrogens with one attached hydrogen (secondary N) is 1. The lowest BCUT2D eigenvalue weighted by Crippen LogP contribution is -2.39. The van der Waals surface area contributed by atoms with Gasteiger partial charge in [0.05, 0.1) is 5.70 Å². The molecule has 1 heterocycles. The molecule has 3 aliphatic rings. The lowest BCUT2D eigenvalue weighted by Gasteiger charge is -2.32. The molecule has 17 heavy (non-hydrogen) atoms. The maximum Gasteiger partial charge on any atom is 0.150 e. The second-order valence-electron chi connectivity index (χ2n) is 5.51. The van der Waals surface area contributed by atoms with Crippen molar-refractivity contribution in [1.82, 2.24) is 5.32 Å². The summed E-state index contributed by atoms with van der Waals surface area (Å²) in [5, 5.41) is 4.08. The van der Waals surface area contributed by atoms with E-state index in [0.29, 0.717) is 22.7 Å². The van der Waals surface area contributed by atoms with Crippen molar-refractivity contribution in [3.8, 4) is 0 Å². The lowest BCUT2D eigenvalue weighted by molar-refractivity contribution is 0.364. The van der Waals surface area contributed by atoms with Gasteiger partial charge in [-0.1, -0.05) is 30.9 Å². The van der Waals surface area contributed by atoms with Crippen LogP contribution in [-0.4, -0.2) is 11.3 Å². The number of halogens is 1. The van der Waals surface area contributed by atoms with Gasteiger partial charge < -0.3 is 11.1 Å². The highest BCUT2D eigenvalue weighted by Gasteiger charge is 2.36. The number of rotatable bonds is 2. The van der Waals surface area contributed by atoms with Crippen molar-refractivity contribution in [2.45, 2.75) is 51.1 Å². The molecule has 2 fully saturated rings. The molecule has 2 aliphatic carbocycles. The first kappa shape index (κ1) is 11.4. The normalized spacial score (nSPS) is 31.1. The summed E-state index contributed by atoms with van der Waals surface area (Å²) >= 11 is 6.17. The number of nitrogens with zero attached hydrogens (tertiary/aromatic N) is 1. The molecule has 1 aliphatic heterocycles. The molecule has 0 aromatic rings. The van der Waals surface area contributed by atoms with Crippen molar-refractivity contribution >= 4 is 16.8 Å². The van der Waals surface area contributed by atoms with Crippen LogP contribution in [0.4, 0.5) is 0 Å². The molecule has 1 atom stereocenters. The molecule has 0 aromatic carbocycles. The highest BCUT2D eigenvalue weighted by Crippen LogP contribution is 2.38. The monoisotopic (exact) mass is 253 g/mol. The number of hydrogen-bond donors (Lipinski definition) is 2. The van der Waals surface area contributed by atoms with Gasteiger partial charge in [-0.2, -0.15) is 0 Å². The number of aliphatic imine (C=N–C) groups is 1. The largest absolute Gasteiger partial charge is 0.395 e. The summed E-state index contributed by atoms with van der Waals surface area (Å²) in [6, 6.07) is 0. The van der Waals surface area contributed by atoms with E-state index in [-0.39, 0.29) is 6.17 Å². The molecule has 2 saturated carbocycles. The van der Waals surface area contributed by atoms with E-state index in [2.05, 4.69) is 10.3 Å². The summed E-state index contributed by atoms with van der Waals surface area (Å²) in [5.74, 6) is 1.25. The summed E-state index contributed by atoms with van der Waals surface area (Å²) in [7, 11) is 0. The average Bonchev–Trinajstić information content (AvgIpc) is 3.18. The Labute approximate surface area is 107 Å². The van der Waals surface area contributed by atoms with E-state index in [0.717, 1.165) is 0 Å². The standard InChI is InChI=1S/C13H20ClN3/c14-12-10(15)11(8-4-2-1-3-5-8)16-13(17-12)9-6-7-9/h8-9,13,16H,1-7,15H2. The third-order valence-corrected chi connectivity index (χ3v) is 4.45. The number of allylic oxidation sites excluding steroid dienone is 2. The minimum Gasteiger partial charge on any atom is -0.395 e. The minimum atomic E-state index is 0.187. The molecule has 0 saturated heterocycles. The first-order valence-corrected chi connectivity index (χ1v) is 7.13. The van der Waals surface area contributed by atoms with Crippen molar-refractivity contribution < 1.29 is 0 Å². The fraction of sp³-hybridized carbons (Fsp3) is 0.769. The van der Waals surface area contributed by atoms with Crippen LogP contribution >= 0.6 is 11.6 Å². The van der Waals surface area contributed by atoms with Crippen LogP contribution in [0.3, 0.4) is 0 Å². The fourth-order valence-corrected chi connectivity index (χ4v) is 3.14. The molecular weight excluding hydrogens is 234 g/mol. The SMILES string of the molecule is NC1=C(C2CCCCC2)NC(C2CC2)N=C1Cl. The van der Waals surface area contributed by atoms with Gasteiger partial charge in [-0.05, 0) is 31.6 Å². The summed E-state index contributed by atoms with van der Waals surface area (Å²) in [6.45, 7) is 0. The zero-order valence-corrected chi connectivity index (χ0v) is 10.8. The predicted octanol–water partition coefficient (Wildman–Crippen LogP) is 2.71. The highest BCUT2D eigenvalue weighted by atomic mass is 35.5. The van der Waals surface area contributed by atoms with Crippen molar-refractivity contribution in [1.29, 1.82) is 0 Å². The third kappa shape index (κ3) is 2.30. The topological polar surface area (TPSA) is 50.4 Å². The molecule has 1 unspecified atom stereocenters. The molecule has 4 heteroatoms. The van der Waals surface area contributed by atoms with Gasteiger partial charge in [-0.15, -0.1) is 0 Å². The first-order valence-electron chi connectivity index (χ1n) is 6.75. The van der Waals surface area contributed by atoms with Gasteiger partial charge >= 0.3 is 0 Å². The van der Waals surface area contributed by atoms with E-state index in [9.17, 15) is 0 Å². The van der Waals surface area contributed by atoms with Crippen molar-refractivity contribution in [3.05, 3.63) is 11.4 Å². The molecular formula is C13H20ClN3. The molecule has 0 aromatic heterocycles. The molecule has 3 rings (SSSR count). The Morgan fingerprint density at radius 1 is 1.12 bits per heavy atom. The van der Waals surface area contributed by atoms with Crippen LogP contribution < -0.4 is 11.1 Å². The molecule has 0 amide bonds. The van der Waals surface area contributed by atoms with E-state index in [1.54, 1.807) is 0 Å². The van der Waals surface area contributed by atoms with E-state index in [4.69, 9.17) is 17.3 Å². The molecule has 3 nitrogen and oxygen atoms in total. The van der Waals surface area contributed by atoms with E-state index >= 15 is 0 Å². The third-order valence-electron chi connectivity index (χ3n) is 4.15. The van der Waals surface area contributed by atoms with Crippen LogP contribution in [0.2, 0.25) is 0 Å². The molecule has 0 radical (unpaired) electrons. The zero-order valence-electron chi connectivity index (χ0n) is 10.1. The highest BCUT2D eigenvalue weighted by molar-refractivity contribution is 6.69. The number of hydrogen-bond acceptors (Lipinski definition) is 3. The van der Waals surface area contributed by atoms with Crippen LogP contribution in [0.25, 0.3) is 0 Å². The minimum absolute atomic E-state index is 0.187. The summed E-state index contributed by atoms with van der Waals surface area (Å²) in [4.78, 5) is 4.46. The fourth-order valence-electron chi connectivity index (χ4n) is 2.94. The molecule has 0 spiro atoms. The molecule has 0 bridgehead atoms. The Morgan fingerprint density at radius 3 is 2.47 bits per heavy atom. The van der Waals surface area contributed by atoms with Crippen molar-refractivity contribution in [2.75, 3.05) is 0 Å². The Hall–Kier alpha value is -0.700. The first-order chi connectivity index (χ1) is 8.25.